The Labute approximate surface area is 115 Å². The number of aliphatic hydroxyl groups is 1. The maximum Gasteiger partial charge on any atom is 0.134 e. The standard InChI is InChI=1S/C15H24N2O2/c1-3-10-19-13-6-5-9-17(11-13)15-14(12(2)18)7-4-8-16-15/h4,7-8,12-13,18H,3,5-6,9-11H2,1-2H3/t12-,13?/m0/s1. The van der Waals surface area contributed by atoms with Gasteiger partial charge in [0.05, 0.1) is 12.2 Å². The number of piperidine rings is 1. The van der Waals surface area contributed by atoms with Crippen LogP contribution < -0.4 is 4.90 Å². The van der Waals surface area contributed by atoms with E-state index in [2.05, 4.69) is 16.8 Å². The number of nitrogens with zero attached hydrogens (tertiary/aromatic N) is 2. The normalized spacial score (nSPS) is 21.4. The molecule has 1 aromatic heterocycles. The lowest BCUT2D eigenvalue weighted by molar-refractivity contribution is 0.0438. The lowest BCUT2D eigenvalue weighted by atomic mass is 10.1. The largest absolute Gasteiger partial charge is 0.389 e. The van der Waals surface area contributed by atoms with Gasteiger partial charge in [-0.05, 0) is 32.3 Å². The molecule has 1 N–H and O–H groups in total. The summed E-state index contributed by atoms with van der Waals surface area (Å²) in [6, 6.07) is 3.82. The number of rotatable bonds is 5. The van der Waals surface area contributed by atoms with Crippen molar-refractivity contribution < 1.29 is 9.84 Å². The molecule has 0 aromatic carbocycles. The van der Waals surface area contributed by atoms with Crippen molar-refractivity contribution in [1.82, 2.24) is 4.98 Å². The fourth-order valence-electron chi connectivity index (χ4n) is 2.55. The number of ether oxygens (including phenoxy) is 1. The van der Waals surface area contributed by atoms with Crippen molar-refractivity contribution in [1.29, 1.82) is 0 Å². The highest BCUT2D eigenvalue weighted by Crippen LogP contribution is 2.26. The van der Waals surface area contributed by atoms with Crippen molar-refractivity contribution in [3.05, 3.63) is 23.9 Å². The summed E-state index contributed by atoms with van der Waals surface area (Å²) in [6.45, 7) is 6.60. The summed E-state index contributed by atoms with van der Waals surface area (Å²) in [7, 11) is 0. The van der Waals surface area contributed by atoms with Crippen LogP contribution in [-0.4, -0.2) is 35.9 Å². The number of aromatic nitrogens is 1. The maximum absolute atomic E-state index is 9.84. The third-order valence-corrected chi connectivity index (χ3v) is 3.50. The summed E-state index contributed by atoms with van der Waals surface area (Å²) in [5, 5.41) is 9.84. The van der Waals surface area contributed by atoms with Gasteiger partial charge in [-0.15, -0.1) is 0 Å². The van der Waals surface area contributed by atoms with E-state index in [0.717, 1.165) is 50.3 Å². The summed E-state index contributed by atoms with van der Waals surface area (Å²) in [5.74, 6) is 0.905. The highest BCUT2D eigenvalue weighted by Gasteiger charge is 2.23. The second-order valence-corrected chi connectivity index (χ2v) is 5.17. The highest BCUT2D eigenvalue weighted by atomic mass is 16.5. The SMILES string of the molecule is CCCOC1CCCN(c2ncccc2[C@H](C)O)C1. The fourth-order valence-corrected chi connectivity index (χ4v) is 2.55. The predicted molar refractivity (Wildman–Crippen MR) is 76.3 cm³/mol. The Morgan fingerprint density at radius 1 is 1.58 bits per heavy atom. The van der Waals surface area contributed by atoms with Gasteiger partial charge in [0.25, 0.3) is 0 Å². The van der Waals surface area contributed by atoms with Crippen LogP contribution in [0.3, 0.4) is 0 Å². The van der Waals surface area contributed by atoms with E-state index >= 15 is 0 Å². The smallest absolute Gasteiger partial charge is 0.134 e. The summed E-state index contributed by atoms with van der Waals surface area (Å²) in [5.41, 5.74) is 0.902. The Balaban J connectivity index is 2.08. The van der Waals surface area contributed by atoms with E-state index in [1.165, 1.54) is 0 Å². The van der Waals surface area contributed by atoms with Crippen LogP contribution in [0.25, 0.3) is 0 Å². The molecule has 0 radical (unpaired) electrons. The van der Waals surface area contributed by atoms with E-state index in [1.807, 2.05) is 12.1 Å². The monoisotopic (exact) mass is 264 g/mol. The van der Waals surface area contributed by atoms with E-state index in [0.29, 0.717) is 0 Å². The number of aliphatic hydroxyl groups excluding tert-OH is 1. The van der Waals surface area contributed by atoms with Crippen LogP contribution in [-0.2, 0) is 4.74 Å². The zero-order chi connectivity index (χ0) is 13.7. The van der Waals surface area contributed by atoms with Crippen molar-refractivity contribution in [2.75, 3.05) is 24.6 Å². The second-order valence-electron chi connectivity index (χ2n) is 5.17. The molecule has 4 nitrogen and oxygen atoms in total. The Morgan fingerprint density at radius 3 is 3.16 bits per heavy atom. The van der Waals surface area contributed by atoms with E-state index < -0.39 is 6.10 Å². The average Bonchev–Trinajstić information content (AvgIpc) is 2.45. The molecule has 2 rings (SSSR count). The number of hydrogen-bond donors (Lipinski definition) is 1. The predicted octanol–water partition coefficient (Wildman–Crippen LogP) is 2.53. The Morgan fingerprint density at radius 2 is 2.42 bits per heavy atom. The molecule has 19 heavy (non-hydrogen) atoms. The highest BCUT2D eigenvalue weighted by molar-refractivity contribution is 5.48. The molecule has 2 atom stereocenters. The van der Waals surface area contributed by atoms with Crippen molar-refractivity contribution in [3.63, 3.8) is 0 Å². The Kier molecular flexibility index (Phi) is 5.16. The first-order valence-electron chi connectivity index (χ1n) is 7.22. The van der Waals surface area contributed by atoms with Crippen molar-refractivity contribution >= 4 is 5.82 Å². The van der Waals surface area contributed by atoms with Crippen LogP contribution in [0.1, 0.15) is 44.8 Å². The third kappa shape index (κ3) is 3.67. The lowest BCUT2D eigenvalue weighted by Gasteiger charge is -2.34. The van der Waals surface area contributed by atoms with Gasteiger partial charge in [-0.3, -0.25) is 0 Å². The quantitative estimate of drug-likeness (QED) is 0.887. The Hall–Kier alpha value is -1.13. The van der Waals surface area contributed by atoms with Gasteiger partial charge in [0, 0.05) is 31.5 Å². The van der Waals surface area contributed by atoms with E-state index in [1.54, 1.807) is 13.1 Å². The molecule has 0 aliphatic carbocycles. The minimum atomic E-state index is -0.486. The lowest BCUT2D eigenvalue weighted by Crippen LogP contribution is -2.40. The Bertz CT molecular complexity index is 395. The van der Waals surface area contributed by atoms with E-state index in [4.69, 9.17) is 4.74 Å². The van der Waals surface area contributed by atoms with E-state index in [-0.39, 0.29) is 6.10 Å². The molecule has 1 saturated heterocycles. The minimum absolute atomic E-state index is 0.289. The molecule has 1 aromatic rings. The fraction of sp³-hybridized carbons (Fsp3) is 0.667. The molecule has 0 saturated carbocycles. The van der Waals surface area contributed by atoms with Gasteiger partial charge < -0.3 is 14.7 Å². The zero-order valence-corrected chi connectivity index (χ0v) is 11.9. The third-order valence-electron chi connectivity index (χ3n) is 3.50. The zero-order valence-electron chi connectivity index (χ0n) is 11.9. The summed E-state index contributed by atoms with van der Waals surface area (Å²) in [4.78, 5) is 6.69. The van der Waals surface area contributed by atoms with Gasteiger partial charge >= 0.3 is 0 Å². The van der Waals surface area contributed by atoms with Crippen LogP contribution in [0.2, 0.25) is 0 Å². The molecule has 1 fully saturated rings. The molecule has 1 aliphatic heterocycles. The molecule has 4 heteroatoms. The van der Waals surface area contributed by atoms with Gasteiger partial charge in [-0.25, -0.2) is 4.98 Å². The van der Waals surface area contributed by atoms with E-state index in [9.17, 15) is 5.11 Å². The second kappa shape index (κ2) is 6.87. The van der Waals surface area contributed by atoms with Crippen molar-refractivity contribution in [3.8, 4) is 0 Å². The van der Waals surface area contributed by atoms with Crippen LogP contribution in [0.5, 0.6) is 0 Å². The molecule has 1 aliphatic rings. The molecule has 1 unspecified atom stereocenters. The summed E-state index contributed by atoms with van der Waals surface area (Å²) in [6.07, 6.45) is 4.88. The van der Waals surface area contributed by atoms with Gasteiger partial charge in [0.1, 0.15) is 5.82 Å². The summed E-state index contributed by atoms with van der Waals surface area (Å²) >= 11 is 0. The summed E-state index contributed by atoms with van der Waals surface area (Å²) < 4.78 is 5.85. The van der Waals surface area contributed by atoms with Gasteiger partial charge in [0.15, 0.2) is 0 Å². The van der Waals surface area contributed by atoms with Crippen molar-refractivity contribution in [2.45, 2.75) is 45.3 Å². The molecule has 0 spiro atoms. The van der Waals surface area contributed by atoms with Gasteiger partial charge in [-0.2, -0.15) is 0 Å². The topological polar surface area (TPSA) is 45.6 Å². The van der Waals surface area contributed by atoms with Crippen LogP contribution >= 0.6 is 0 Å². The van der Waals surface area contributed by atoms with Crippen LogP contribution in [0.15, 0.2) is 18.3 Å². The van der Waals surface area contributed by atoms with Crippen LogP contribution in [0, 0.1) is 0 Å². The maximum atomic E-state index is 9.84. The van der Waals surface area contributed by atoms with Crippen molar-refractivity contribution in [2.24, 2.45) is 0 Å². The molecule has 0 bridgehead atoms. The molecule has 0 amide bonds. The first-order chi connectivity index (χ1) is 9.22. The molecular weight excluding hydrogens is 240 g/mol. The van der Waals surface area contributed by atoms with Gasteiger partial charge in [0.2, 0.25) is 0 Å². The molecule has 106 valence electrons. The van der Waals surface area contributed by atoms with Gasteiger partial charge in [-0.1, -0.05) is 13.0 Å². The number of hydrogen-bond acceptors (Lipinski definition) is 4. The van der Waals surface area contributed by atoms with Crippen LogP contribution in [0.4, 0.5) is 5.82 Å². The molecule has 2 heterocycles. The minimum Gasteiger partial charge on any atom is -0.389 e. The number of pyridine rings is 1. The average molecular weight is 264 g/mol. The first kappa shape index (κ1) is 14.3. The first-order valence-corrected chi connectivity index (χ1v) is 7.22. The number of anilines is 1. The molecular formula is C15H24N2O2.